The largest absolute Gasteiger partial charge is 0.494 e. The molecule has 6 nitrogen and oxygen atoms in total. The van der Waals surface area contributed by atoms with Crippen LogP contribution in [0.15, 0.2) is 72.8 Å². The minimum Gasteiger partial charge on any atom is -0.494 e. The van der Waals surface area contributed by atoms with Gasteiger partial charge < -0.3 is 9.64 Å². The molecule has 0 fully saturated rings. The van der Waals surface area contributed by atoms with E-state index in [4.69, 9.17) is 9.72 Å². The lowest BCUT2D eigenvalue weighted by Gasteiger charge is -2.21. The molecule has 1 amide bonds. The molecule has 0 spiro atoms. The van der Waals surface area contributed by atoms with Gasteiger partial charge in [-0.2, -0.15) is 0 Å². The van der Waals surface area contributed by atoms with Crippen molar-refractivity contribution >= 4 is 50.8 Å². The van der Waals surface area contributed by atoms with Crippen LogP contribution in [0.4, 0.5) is 5.13 Å². The molecule has 0 unspecified atom stereocenters. The molecule has 0 saturated carbocycles. The van der Waals surface area contributed by atoms with E-state index in [1.165, 1.54) is 11.3 Å². The number of fused-ring (bicyclic) bond motifs is 1. The SMILES string of the molecule is CCOc1ccc2nc(N(CCCN(C)C)C(=O)c3ccc(C(=O)c4ccccc4)cc3)sc2c1.Cl. The number of nitrogens with zero attached hydrogens (tertiary/aromatic N) is 3. The molecule has 0 aliphatic heterocycles. The summed E-state index contributed by atoms with van der Waals surface area (Å²) in [7, 11) is 4.03. The van der Waals surface area contributed by atoms with Gasteiger partial charge in [0, 0.05) is 23.2 Å². The first-order valence-corrected chi connectivity index (χ1v) is 12.5. The Balaban J connectivity index is 0.00000361. The van der Waals surface area contributed by atoms with Gasteiger partial charge in [0.15, 0.2) is 10.9 Å². The molecule has 8 heteroatoms. The van der Waals surface area contributed by atoms with Crippen LogP contribution in [0, 0.1) is 0 Å². The fraction of sp³-hybridized carbons (Fsp3) is 0.250. The van der Waals surface area contributed by atoms with Gasteiger partial charge in [-0.25, -0.2) is 4.98 Å². The van der Waals surface area contributed by atoms with E-state index in [1.807, 2.05) is 57.4 Å². The maximum atomic E-state index is 13.6. The second-order valence-corrected chi connectivity index (χ2v) is 9.45. The maximum absolute atomic E-state index is 13.6. The third kappa shape index (κ3) is 6.49. The van der Waals surface area contributed by atoms with Gasteiger partial charge in [0.25, 0.3) is 5.91 Å². The number of aromatic nitrogens is 1. The van der Waals surface area contributed by atoms with Gasteiger partial charge in [0.05, 0.1) is 16.8 Å². The number of carbonyl (C=O) groups excluding carboxylic acids is 2. The molecule has 188 valence electrons. The molecule has 0 radical (unpaired) electrons. The van der Waals surface area contributed by atoms with Crippen molar-refractivity contribution in [3.05, 3.63) is 89.5 Å². The Morgan fingerprint density at radius 1 is 0.889 bits per heavy atom. The predicted octanol–water partition coefficient (Wildman–Crippen LogP) is 5.95. The zero-order valence-electron chi connectivity index (χ0n) is 20.6. The number of hydrogen-bond acceptors (Lipinski definition) is 6. The van der Waals surface area contributed by atoms with E-state index in [0.29, 0.717) is 35.0 Å². The number of rotatable bonds is 10. The fourth-order valence-corrected chi connectivity index (χ4v) is 4.79. The third-order valence-electron chi connectivity index (χ3n) is 5.55. The first kappa shape index (κ1) is 27.3. The molecule has 0 aliphatic carbocycles. The van der Waals surface area contributed by atoms with Crippen molar-refractivity contribution in [2.24, 2.45) is 0 Å². The van der Waals surface area contributed by atoms with Gasteiger partial charge in [-0.15, -0.1) is 12.4 Å². The van der Waals surface area contributed by atoms with Crippen molar-refractivity contribution in [2.45, 2.75) is 13.3 Å². The molecule has 0 saturated heterocycles. The molecule has 0 aliphatic rings. The first-order chi connectivity index (χ1) is 17.0. The van der Waals surface area contributed by atoms with Crippen LogP contribution >= 0.6 is 23.7 Å². The normalized spacial score (nSPS) is 10.8. The molecular weight excluding hydrogens is 494 g/mol. The van der Waals surface area contributed by atoms with Gasteiger partial charge >= 0.3 is 0 Å². The monoisotopic (exact) mass is 523 g/mol. The van der Waals surface area contributed by atoms with Crippen molar-refractivity contribution in [1.82, 2.24) is 9.88 Å². The highest BCUT2D eigenvalue weighted by Crippen LogP contribution is 2.32. The van der Waals surface area contributed by atoms with E-state index < -0.39 is 0 Å². The summed E-state index contributed by atoms with van der Waals surface area (Å²) in [6.45, 7) is 3.94. The standard InChI is InChI=1S/C28H29N3O3S.ClH/c1-4-34-23-15-16-24-25(19-23)35-28(29-24)31(18-8-17-30(2)3)27(33)22-13-11-21(12-14-22)26(32)20-9-6-5-7-10-20;/h5-7,9-16,19H,4,8,17-18H2,1-3H3;1H. The van der Waals surface area contributed by atoms with Crippen LogP contribution in [0.2, 0.25) is 0 Å². The van der Waals surface area contributed by atoms with E-state index in [2.05, 4.69) is 4.90 Å². The van der Waals surface area contributed by atoms with Crippen LogP contribution < -0.4 is 9.64 Å². The number of benzene rings is 3. The Bertz CT molecular complexity index is 1310. The number of carbonyl (C=O) groups is 2. The summed E-state index contributed by atoms with van der Waals surface area (Å²) in [5.74, 6) is 0.592. The van der Waals surface area contributed by atoms with Crippen LogP contribution in [0.5, 0.6) is 5.75 Å². The fourth-order valence-electron chi connectivity index (χ4n) is 3.77. The van der Waals surface area contributed by atoms with Crippen molar-refractivity contribution in [1.29, 1.82) is 0 Å². The van der Waals surface area contributed by atoms with Crippen LogP contribution in [-0.2, 0) is 0 Å². The van der Waals surface area contributed by atoms with Crippen molar-refractivity contribution < 1.29 is 14.3 Å². The second kappa shape index (κ2) is 12.6. The predicted molar refractivity (Wildman–Crippen MR) is 149 cm³/mol. The average molecular weight is 524 g/mol. The lowest BCUT2D eigenvalue weighted by atomic mass is 10.0. The average Bonchev–Trinajstić information content (AvgIpc) is 3.29. The summed E-state index contributed by atoms with van der Waals surface area (Å²) >= 11 is 1.48. The van der Waals surface area contributed by atoms with Crippen molar-refractivity contribution in [3.8, 4) is 5.75 Å². The highest BCUT2D eigenvalue weighted by molar-refractivity contribution is 7.22. The minimum absolute atomic E-state index is 0. The Labute approximate surface area is 221 Å². The van der Waals surface area contributed by atoms with Gasteiger partial charge in [-0.3, -0.25) is 14.5 Å². The van der Waals surface area contributed by atoms with E-state index >= 15 is 0 Å². The van der Waals surface area contributed by atoms with E-state index in [0.717, 1.165) is 28.9 Å². The molecule has 0 atom stereocenters. The van der Waals surface area contributed by atoms with Gasteiger partial charge in [-0.05, 0) is 64.3 Å². The number of halogens is 1. The number of ketones is 1. The smallest absolute Gasteiger partial charge is 0.260 e. The summed E-state index contributed by atoms with van der Waals surface area (Å²) in [6, 6.07) is 21.8. The maximum Gasteiger partial charge on any atom is 0.260 e. The van der Waals surface area contributed by atoms with E-state index in [1.54, 1.807) is 41.3 Å². The van der Waals surface area contributed by atoms with Crippen LogP contribution in [0.25, 0.3) is 10.2 Å². The quantitative estimate of drug-likeness (QED) is 0.240. The lowest BCUT2D eigenvalue weighted by molar-refractivity contribution is 0.0983. The van der Waals surface area contributed by atoms with E-state index in [9.17, 15) is 9.59 Å². The second-order valence-electron chi connectivity index (χ2n) is 8.45. The number of hydrogen-bond donors (Lipinski definition) is 0. The number of anilines is 1. The molecule has 4 rings (SSSR count). The summed E-state index contributed by atoms with van der Waals surface area (Å²) in [4.78, 5) is 34.9. The Kier molecular flexibility index (Phi) is 9.58. The Morgan fingerprint density at radius 3 is 2.22 bits per heavy atom. The molecule has 0 bridgehead atoms. The molecular formula is C28H30ClN3O3S. The topological polar surface area (TPSA) is 62.7 Å². The highest BCUT2D eigenvalue weighted by Gasteiger charge is 2.22. The highest BCUT2D eigenvalue weighted by atomic mass is 35.5. The zero-order chi connectivity index (χ0) is 24.8. The first-order valence-electron chi connectivity index (χ1n) is 11.7. The summed E-state index contributed by atoms with van der Waals surface area (Å²) in [5, 5.41) is 0.654. The van der Waals surface area contributed by atoms with Crippen LogP contribution in [0.3, 0.4) is 0 Å². The summed E-state index contributed by atoms with van der Waals surface area (Å²) < 4.78 is 6.59. The number of thiazole rings is 1. The molecule has 36 heavy (non-hydrogen) atoms. The van der Waals surface area contributed by atoms with Gasteiger partial charge in [0.2, 0.25) is 0 Å². The van der Waals surface area contributed by atoms with E-state index in [-0.39, 0.29) is 24.1 Å². The van der Waals surface area contributed by atoms with Crippen molar-refractivity contribution in [2.75, 3.05) is 38.7 Å². The lowest BCUT2D eigenvalue weighted by Crippen LogP contribution is -2.33. The summed E-state index contributed by atoms with van der Waals surface area (Å²) in [6.07, 6.45) is 0.809. The summed E-state index contributed by atoms with van der Waals surface area (Å²) in [5.41, 5.74) is 2.53. The van der Waals surface area contributed by atoms with Gasteiger partial charge in [-0.1, -0.05) is 53.8 Å². The zero-order valence-corrected chi connectivity index (χ0v) is 22.3. The van der Waals surface area contributed by atoms with Crippen LogP contribution in [-0.4, -0.2) is 55.4 Å². The van der Waals surface area contributed by atoms with Crippen LogP contribution in [0.1, 0.15) is 39.6 Å². The minimum atomic E-state index is -0.133. The van der Waals surface area contributed by atoms with Gasteiger partial charge in [0.1, 0.15) is 5.75 Å². The molecule has 0 N–H and O–H groups in total. The molecule has 3 aromatic carbocycles. The molecule has 1 aromatic heterocycles. The number of ether oxygens (including phenoxy) is 1. The molecule has 4 aromatic rings. The Hall–Kier alpha value is -3.26. The molecule has 1 heterocycles. The Morgan fingerprint density at radius 2 is 1.56 bits per heavy atom. The van der Waals surface area contributed by atoms with Crippen molar-refractivity contribution in [3.63, 3.8) is 0 Å². The number of amides is 1. The third-order valence-corrected chi connectivity index (χ3v) is 6.59.